The van der Waals surface area contributed by atoms with Gasteiger partial charge in [-0.25, -0.2) is 0 Å². The normalized spacial score (nSPS) is 33.3. The highest BCUT2D eigenvalue weighted by molar-refractivity contribution is 6.74. The molecule has 0 saturated carbocycles. The largest absolute Gasteiger partial charge is 0.497 e. The van der Waals surface area contributed by atoms with Crippen molar-refractivity contribution in [1.29, 1.82) is 0 Å². The molecule has 0 N–H and O–H groups in total. The Bertz CT molecular complexity index is 973. The molecule has 4 bridgehead atoms. The summed E-state index contributed by atoms with van der Waals surface area (Å²) in [5, 5.41) is 1.27. The molecule has 7 rings (SSSR count). The second-order valence-corrected chi connectivity index (χ2v) is 15.5. The zero-order valence-corrected chi connectivity index (χ0v) is 20.1. The molecular weight excluding hydrogens is 392 g/mol. The van der Waals surface area contributed by atoms with Gasteiger partial charge in [0.2, 0.25) is 0 Å². The summed E-state index contributed by atoms with van der Waals surface area (Å²) in [6, 6.07) is 8.64. The van der Waals surface area contributed by atoms with E-state index >= 15 is 0 Å². The van der Waals surface area contributed by atoms with Crippen LogP contribution in [0.3, 0.4) is 0 Å². The number of benzene rings is 1. The lowest BCUT2D eigenvalue weighted by atomic mass is 9.73. The summed E-state index contributed by atoms with van der Waals surface area (Å²) in [7, 11) is -0.270. The van der Waals surface area contributed by atoms with Crippen LogP contribution in [0.4, 0.5) is 0 Å². The van der Waals surface area contributed by atoms with Gasteiger partial charge in [0, 0.05) is 23.5 Å². The van der Waals surface area contributed by atoms with E-state index < -0.39 is 14.1 Å². The molecule has 5 atom stereocenters. The summed E-state index contributed by atoms with van der Waals surface area (Å²) < 4.78 is 19.6. The van der Waals surface area contributed by atoms with Crippen molar-refractivity contribution in [2.24, 2.45) is 5.92 Å². The number of ether oxygens (including phenoxy) is 2. The van der Waals surface area contributed by atoms with E-state index in [2.05, 4.69) is 55.9 Å². The predicted molar refractivity (Wildman–Crippen MR) is 121 cm³/mol. The maximum atomic E-state index is 7.10. The van der Waals surface area contributed by atoms with Crippen LogP contribution in [0.1, 0.15) is 45.3 Å². The van der Waals surface area contributed by atoms with Gasteiger partial charge in [-0.3, -0.25) is 9.88 Å². The molecule has 0 amide bonds. The number of rotatable bonds is 4. The van der Waals surface area contributed by atoms with Crippen LogP contribution in [0.25, 0.3) is 10.9 Å². The molecule has 6 heteroatoms. The number of piperidine rings is 3. The molecule has 5 saturated heterocycles. The van der Waals surface area contributed by atoms with Crippen LogP contribution in [-0.4, -0.2) is 50.2 Å². The Morgan fingerprint density at radius 2 is 2.03 bits per heavy atom. The average Bonchev–Trinajstić information content (AvgIpc) is 2.71. The van der Waals surface area contributed by atoms with Crippen LogP contribution in [0.5, 0.6) is 5.75 Å². The van der Waals surface area contributed by atoms with Gasteiger partial charge < -0.3 is 13.9 Å². The highest BCUT2D eigenvalue weighted by Gasteiger charge is 2.62. The second kappa shape index (κ2) is 6.76. The Kier molecular flexibility index (Phi) is 4.60. The quantitative estimate of drug-likeness (QED) is 0.634. The molecule has 6 heterocycles. The molecule has 2 aromatic rings. The monoisotopic (exact) mass is 426 g/mol. The summed E-state index contributed by atoms with van der Waals surface area (Å²) >= 11 is 0. The summed E-state index contributed by atoms with van der Waals surface area (Å²) in [4.78, 5) is 7.20. The molecule has 5 fully saturated rings. The van der Waals surface area contributed by atoms with Crippen molar-refractivity contribution in [3.8, 4) is 5.75 Å². The Balaban J connectivity index is 1.57. The summed E-state index contributed by atoms with van der Waals surface area (Å²) in [5.74, 6) is 0.849. The average molecular weight is 427 g/mol. The van der Waals surface area contributed by atoms with Crippen LogP contribution in [-0.2, 0) is 9.16 Å². The van der Waals surface area contributed by atoms with E-state index in [0.717, 1.165) is 36.2 Å². The fraction of sp³-hybridized carbons (Fsp3) is 0.625. The van der Waals surface area contributed by atoms with Gasteiger partial charge >= 0.3 is 0 Å². The van der Waals surface area contributed by atoms with Crippen LogP contribution < -0.4 is 4.74 Å². The van der Waals surface area contributed by atoms with Crippen LogP contribution in [0.2, 0.25) is 18.1 Å². The van der Waals surface area contributed by atoms with Gasteiger partial charge in [-0.2, -0.15) is 0 Å². The van der Waals surface area contributed by atoms with Crippen molar-refractivity contribution >= 4 is 19.2 Å². The van der Waals surface area contributed by atoms with Crippen molar-refractivity contribution in [3.63, 3.8) is 0 Å². The minimum absolute atomic E-state index is 0.00215. The molecule has 5 aliphatic heterocycles. The zero-order valence-electron chi connectivity index (χ0n) is 19.1. The lowest BCUT2D eigenvalue weighted by molar-refractivity contribution is -0.352. The van der Waals surface area contributed by atoms with Gasteiger partial charge in [0.15, 0.2) is 14.1 Å². The molecule has 30 heavy (non-hydrogen) atoms. The van der Waals surface area contributed by atoms with Gasteiger partial charge in [0.05, 0.1) is 19.2 Å². The molecule has 5 aliphatic rings. The number of aromatic nitrogens is 1. The predicted octanol–water partition coefficient (Wildman–Crippen LogP) is 5.13. The summed E-state index contributed by atoms with van der Waals surface area (Å²) in [5.41, 5.74) is 2.19. The molecule has 0 spiro atoms. The minimum Gasteiger partial charge on any atom is -0.497 e. The Morgan fingerprint density at radius 1 is 1.23 bits per heavy atom. The smallest absolute Gasteiger partial charge is 0.195 e. The highest BCUT2D eigenvalue weighted by Crippen LogP contribution is 2.56. The van der Waals surface area contributed by atoms with E-state index in [1.807, 2.05) is 18.3 Å². The standard InChI is InChI=1S/C24H34N2O3Si/c1-23(2,3)30(5,6)29-24-15-26-12-10-16(24)13-21(26)22(28-24)18-9-11-25-20-8-7-17(27-4)14-19(18)20/h7-9,11,14,16,21-22H,10,12-13,15H2,1-6H3/t16?,21?,22-,24?/m0/s1. The molecule has 162 valence electrons. The van der Waals surface area contributed by atoms with Crippen molar-refractivity contribution in [2.75, 3.05) is 20.2 Å². The van der Waals surface area contributed by atoms with Crippen LogP contribution >= 0.6 is 0 Å². The maximum absolute atomic E-state index is 7.10. The van der Waals surface area contributed by atoms with E-state index in [1.165, 1.54) is 12.0 Å². The molecule has 0 aliphatic carbocycles. The number of morpholine rings is 1. The van der Waals surface area contributed by atoms with Gasteiger partial charge in [0.25, 0.3) is 0 Å². The number of hydrogen-bond acceptors (Lipinski definition) is 5. The van der Waals surface area contributed by atoms with Gasteiger partial charge in [-0.15, -0.1) is 0 Å². The molecular formula is C24H34N2O3Si. The molecule has 5 nitrogen and oxygen atoms in total. The number of methoxy groups -OCH3 is 1. The molecule has 1 aromatic carbocycles. The van der Waals surface area contributed by atoms with Gasteiger partial charge in [-0.1, -0.05) is 20.8 Å². The van der Waals surface area contributed by atoms with E-state index in [-0.39, 0.29) is 11.1 Å². The number of pyridine rings is 1. The lowest BCUT2D eigenvalue weighted by Crippen LogP contribution is -2.73. The first-order valence-corrected chi connectivity index (χ1v) is 14.1. The zero-order chi connectivity index (χ0) is 21.3. The third-order valence-electron chi connectivity index (χ3n) is 8.00. The first kappa shape index (κ1) is 20.4. The number of nitrogens with zero attached hydrogens (tertiary/aromatic N) is 2. The van der Waals surface area contributed by atoms with E-state index in [0.29, 0.717) is 12.0 Å². The number of fused-ring (bicyclic) bond motifs is 3. The van der Waals surface area contributed by atoms with E-state index in [4.69, 9.17) is 13.9 Å². The van der Waals surface area contributed by atoms with Crippen molar-refractivity contribution in [2.45, 2.75) is 69.7 Å². The van der Waals surface area contributed by atoms with Crippen LogP contribution in [0.15, 0.2) is 30.5 Å². The fourth-order valence-corrected chi connectivity index (χ4v) is 6.76. The minimum atomic E-state index is -1.98. The lowest BCUT2D eigenvalue weighted by Gasteiger charge is -2.65. The number of hydrogen-bond donors (Lipinski definition) is 0. The SMILES string of the molecule is COc1ccc2nccc([C@@H]3OC4(O[Si](C)(C)C(C)(C)C)CN5CCC4CC35)c2c1. The topological polar surface area (TPSA) is 43.8 Å². The molecule has 4 unspecified atom stereocenters. The second-order valence-electron chi connectivity index (χ2n) is 10.8. The summed E-state index contributed by atoms with van der Waals surface area (Å²) in [6.07, 6.45) is 4.22. The molecule has 1 aromatic heterocycles. The van der Waals surface area contributed by atoms with Crippen LogP contribution in [0, 0.1) is 5.92 Å². The van der Waals surface area contributed by atoms with Crippen molar-refractivity contribution in [3.05, 3.63) is 36.0 Å². The third kappa shape index (κ3) is 3.03. The Morgan fingerprint density at radius 3 is 2.70 bits per heavy atom. The highest BCUT2D eigenvalue weighted by atomic mass is 28.4. The van der Waals surface area contributed by atoms with E-state index in [9.17, 15) is 0 Å². The van der Waals surface area contributed by atoms with Gasteiger partial charge in [0.1, 0.15) is 11.9 Å². The Hall–Kier alpha value is -1.47. The first-order valence-electron chi connectivity index (χ1n) is 11.2. The maximum Gasteiger partial charge on any atom is 0.195 e. The van der Waals surface area contributed by atoms with E-state index in [1.54, 1.807) is 7.11 Å². The Labute approximate surface area is 180 Å². The third-order valence-corrected chi connectivity index (χ3v) is 12.5. The fourth-order valence-electron chi connectivity index (χ4n) is 5.31. The molecule has 0 radical (unpaired) electrons. The summed E-state index contributed by atoms with van der Waals surface area (Å²) in [6.45, 7) is 13.7. The van der Waals surface area contributed by atoms with Crippen molar-refractivity contribution in [1.82, 2.24) is 9.88 Å². The van der Waals surface area contributed by atoms with Gasteiger partial charge in [-0.05, 0) is 67.3 Å². The van der Waals surface area contributed by atoms with Crippen molar-refractivity contribution < 1.29 is 13.9 Å². The first-order chi connectivity index (χ1) is 14.1.